The van der Waals surface area contributed by atoms with Crippen molar-refractivity contribution in [3.63, 3.8) is 0 Å². The molecule has 0 atom stereocenters. The third kappa shape index (κ3) is 11.1. The average molecular weight is 1040 g/mol. The van der Waals surface area contributed by atoms with Crippen molar-refractivity contribution >= 4 is 101 Å². The Balaban J connectivity index is 0.000000175. The van der Waals surface area contributed by atoms with Crippen molar-refractivity contribution in [2.24, 2.45) is 0 Å². The number of halogens is 5. The highest BCUT2D eigenvalue weighted by atomic mass is 127. The second kappa shape index (κ2) is 20.1. The van der Waals surface area contributed by atoms with E-state index in [1.807, 2.05) is 65.4 Å². The Kier molecular flexibility index (Phi) is 14.8. The molecule has 0 amide bonds. The van der Waals surface area contributed by atoms with Crippen LogP contribution in [0.5, 0.6) is 0 Å². The molecule has 62 heavy (non-hydrogen) atoms. The zero-order chi connectivity index (χ0) is 44.1. The molecule has 0 bridgehead atoms. The molecule has 0 saturated heterocycles. The largest absolute Gasteiger partial charge is 0.384 e. The Morgan fingerprint density at radius 1 is 0.645 bits per heavy atom. The molecular formula is C47H41F4IN2O3S4Si. The Labute approximate surface area is 387 Å². The van der Waals surface area contributed by atoms with Crippen molar-refractivity contribution < 1.29 is 31.9 Å². The fourth-order valence-corrected chi connectivity index (χ4v) is 11.4. The van der Waals surface area contributed by atoms with Crippen molar-refractivity contribution in [2.75, 3.05) is 29.9 Å². The third-order valence-electron chi connectivity index (χ3n) is 9.82. The maximum Gasteiger partial charge on any atom is 0.182 e. The van der Waals surface area contributed by atoms with Crippen LogP contribution in [0.3, 0.4) is 0 Å². The summed E-state index contributed by atoms with van der Waals surface area (Å²) in [6.07, 6.45) is 0.936. The summed E-state index contributed by atoms with van der Waals surface area (Å²) in [6, 6.07) is 24.3. The number of rotatable bonds is 9. The lowest BCUT2D eigenvalue weighted by Crippen LogP contribution is -2.31. The van der Waals surface area contributed by atoms with E-state index in [0.29, 0.717) is 28.3 Å². The van der Waals surface area contributed by atoms with Gasteiger partial charge < -0.3 is 10.2 Å². The molecule has 0 aliphatic carbocycles. The number of thiophene rings is 4. The molecule has 0 unspecified atom stereocenters. The fraction of sp³-hybridized carbons (Fsp3) is 0.213. The third-order valence-corrected chi connectivity index (χ3v) is 14.4. The van der Waals surface area contributed by atoms with Crippen molar-refractivity contribution in [3.05, 3.63) is 163 Å². The first-order valence-corrected chi connectivity index (χ1v) is 29.7. The molecule has 3 aromatic carbocycles. The minimum absolute atomic E-state index is 0.0563. The molecule has 9 rings (SSSR count). The number of hydrogen-bond donors (Lipinski definition) is 1. The molecule has 4 aromatic heterocycles. The number of nitrogens with zero attached hydrogens (tertiary/aromatic N) is 1. The molecule has 0 saturated carbocycles. The summed E-state index contributed by atoms with van der Waals surface area (Å²) < 4.78 is 55.6. The zero-order valence-electron chi connectivity index (χ0n) is 34.0. The molecule has 5 nitrogen and oxygen atoms in total. The number of nitrogens with one attached hydrogen (secondary N) is 1. The lowest BCUT2D eigenvalue weighted by atomic mass is 10.1. The van der Waals surface area contributed by atoms with E-state index >= 15 is 0 Å². The maximum atomic E-state index is 14.0. The monoisotopic (exact) mass is 1040 g/mol. The lowest BCUT2D eigenvalue weighted by Gasteiger charge is -2.22. The molecule has 15 heteroatoms. The second-order valence-corrected chi connectivity index (χ2v) is 33.3. The molecule has 2 aliphatic rings. The number of anilines is 2. The molecule has 2 aliphatic heterocycles. The lowest BCUT2D eigenvalue weighted by molar-refractivity contribution is 0.0986. The Hall–Kier alpha value is -4.26. The second-order valence-electron chi connectivity index (χ2n) is 15.5. The van der Waals surface area contributed by atoms with Crippen molar-refractivity contribution in [1.82, 2.24) is 0 Å². The van der Waals surface area contributed by atoms with Gasteiger partial charge in [0.2, 0.25) is 0 Å². The van der Waals surface area contributed by atoms with Crippen LogP contribution in [-0.4, -0.2) is 42.6 Å². The van der Waals surface area contributed by atoms with Gasteiger partial charge in [0.15, 0.2) is 17.3 Å². The van der Waals surface area contributed by atoms with Gasteiger partial charge in [-0.2, -0.15) is 0 Å². The van der Waals surface area contributed by atoms with E-state index < -0.39 is 28.8 Å². The first-order valence-electron chi connectivity index (χ1n) is 19.7. The van der Waals surface area contributed by atoms with Crippen molar-refractivity contribution in [3.8, 4) is 19.5 Å². The Bertz CT molecular complexity index is 2690. The van der Waals surface area contributed by atoms with Gasteiger partial charge in [-0.3, -0.25) is 14.4 Å². The SMILES string of the molecule is C[Si](C)(C)I.O=C(CN1CCc2cc(C(=O)Cc3c(F)cccc3F)sc2-c2sccc21)c1ccccc1.O=C(Cc1c(F)cccc1F)c1cc2c(s1)-c1sccc1NCC2. The van der Waals surface area contributed by atoms with Gasteiger partial charge in [0, 0.05) is 42.6 Å². The van der Waals surface area contributed by atoms with Crippen LogP contribution in [0.25, 0.3) is 19.5 Å². The van der Waals surface area contributed by atoms with E-state index in [9.17, 15) is 31.9 Å². The van der Waals surface area contributed by atoms with Crippen LogP contribution in [0.4, 0.5) is 28.9 Å². The first kappa shape index (κ1) is 45.8. The van der Waals surface area contributed by atoms with Gasteiger partial charge in [-0.25, -0.2) is 17.6 Å². The van der Waals surface area contributed by atoms with Crippen LogP contribution in [0.15, 0.2) is 102 Å². The number of Topliss-reactive ketones (excluding diaryl/α,β-unsaturated/α-hetero) is 3. The van der Waals surface area contributed by atoms with Crippen LogP contribution >= 0.6 is 67.1 Å². The topological polar surface area (TPSA) is 66.5 Å². The van der Waals surface area contributed by atoms with E-state index in [1.54, 1.807) is 22.7 Å². The van der Waals surface area contributed by atoms with Crippen LogP contribution < -0.4 is 10.2 Å². The minimum Gasteiger partial charge on any atom is -0.384 e. The molecule has 7 aromatic rings. The summed E-state index contributed by atoms with van der Waals surface area (Å²) in [4.78, 5) is 45.6. The van der Waals surface area contributed by atoms with Gasteiger partial charge in [-0.1, -0.05) is 62.1 Å². The molecule has 0 radical (unpaired) electrons. The summed E-state index contributed by atoms with van der Waals surface area (Å²) in [7, 11) is 0. The fourth-order valence-electron chi connectivity index (χ4n) is 6.89. The maximum absolute atomic E-state index is 14.0. The summed E-state index contributed by atoms with van der Waals surface area (Å²) in [5, 5.41) is 7.37. The van der Waals surface area contributed by atoms with Crippen LogP contribution in [0.1, 0.15) is 52.0 Å². The molecule has 0 spiro atoms. The summed E-state index contributed by atoms with van der Waals surface area (Å²) in [5.41, 5.74) is 3.88. The van der Waals surface area contributed by atoms with Crippen LogP contribution in [0, 0.1) is 23.3 Å². The van der Waals surface area contributed by atoms with E-state index in [1.165, 1.54) is 59.1 Å². The number of carbonyl (C=O) groups excluding carboxylic acids is 3. The number of fused-ring (bicyclic) bond motifs is 6. The highest BCUT2D eigenvalue weighted by Crippen LogP contribution is 2.46. The average Bonchev–Trinajstić information content (AvgIpc) is 4.04. The van der Waals surface area contributed by atoms with Crippen molar-refractivity contribution in [2.45, 2.75) is 45.3 Å². The van der Waals surface area contributed by atoms with Crippen molar-refractivity contribution in [1.29, 1.82) is 0 Å². The molecule has 1 N–H and O–H groups in total. The zero-order valence-corrected chi connectivity index (χ0v) is 40.4. The summed E-state index contributed by atoms with van der Waals surface area (Å²) in [6.45, 7) is 8.67. The predicted octanol–water partition coefficient (Wildman–Crippen LogP) is 13.8. The molecule has 6 heterocycles. The predicted molar refractivity (Wildman–Crippen MR) is 260 cm³/mol. The van der Waals surface area contributed by atoms with E-state index in [4.69, 9.17) is 0 Å². The van der Waals surface area contributed by atoms with Gasteiger partial charge >= 0.3 is 0 Å². The number of hydrogen-bond acceptors (Lipinski definition) is 9. The normalized spacial score (nSPS) is 12.7. The summed E-state index contributed by atoms with van der Waals surface area (Å²) >= 11 is 8.48. The van der Waals surface area contributed by atoms with E-state index in [2.05, 4.69) is 51.7 Å². The van der Waals surface area contributed by atoms with Gasteiger partial charge in [-0.05, 0) is 83.3 Å². The standard InChI is InChI=1S/C26H19F2NO2S2.C18H13F2NOS2.C3H9ISi/c27-19-7-4-8-20(28)18(19)14-22(30)24-13-17-9-11-29(15-23(31)16-5-2-1-3-6-16)21-10-12-32-26(21)25(17)33-24;19-12-2-1-3-13(20)11(12)9-15(22)16-8-10-4-6-21-14-5-7-23-18(14)17(10)24-16;1-5(2,3)4/h1-8,10,12-13H,9,11,14-15H2;1-3,5,7-8,21H,4,6,9H2;1-3H3. The van der Waals surface area contributed by atoms with Gasteiger partial charge in [0.05, 0.1) is 47.2 Å². The molecular weight excluding hydrogens is 1000 g/mol. The smallest absolute Gasteiger partial charge is 0.182 e. The van der Waals surface area contributed by atoms with Crippen LogP contribution in [-0.2, 0) is 25.7 Å². The number of ketones is 3. The van der Waals surface area contributed by atoms with Gasteiger partial charge in [0.1, 0.15) is 28.8 Å². The quantitative estimate of drug-likeness (QED) is 0.0513. The number of benzene rings is 3. The number of carbonyl (C=O) groups is 3. The molecule has 0 fully saturated rings. The highest BCUT2D eigenvalue weighted by molar-refractivity contribution is 14.1. The van der Waals surface area contributed by atoms with Gasteiger partial charge in [0.25, 0.3) is 0 Å². The first-order chi connectivity index (χ1) is 29.6. The molecule has 320 valence electrons. The minimum atomic E-state index is -0.708. The van der Waals surface area contributed by atoms with E-state index in [0.717, 1.165) is 55.0 Å². The van der Waals surface area contributed by atoms with Gasteiger partial charge in [-0.15, -0.1) is 67.1 Å². The summed E-state index contributed by atoms with van der Waals surface area (Å²) in [5.74, 6) is -3.26. The van der Waals surface area contributed by atoms with E-state index in [-0.39, 0.29) is 47.9 Å². The highest BCUT2D eigenvalue weighted by Gasteiger charge is 2.27. The van der Waals surface area contributed by atoms with Crippen LogP contribution in [0.2, 0.25) is 19.6 Å². The Morgan fingerprint density at radius 3 is 1.71 bits per heavy atom. The Morgan fingerprint density at radius 2 is 1.15 bits per heavy atom.